The predicted molar refractivity (Wildman–Crippen MR) is 56.7 cm³/mol. The van der Waals surface area contributed by atoms with Crippen LogP contribution in [-0.4, -0.2) is 20.5 Å². The van der Waals surface area contributed by atoms with E-state index in [0.29, 0.717) is 0 Å². The van der Waals surface area contributed by atoms with Gasteiger partial charge in [-0.1, -0.05) is 11.9 Å². The van der Waals surface area contributed by atoms with Gasteiger partial charge in [-0.15, -0.1) is 0 Å². The zero-order chi connectivity index (χ0) is 9.68. The maximum Gasteiger partial charge on any atom is 0.143 e. The van der Waals surface area contributed by atoms with E-state index < -0.39 is 0 Å². The molecule has 13 heavy (non-hydrogen) atoms. The summed E-state index contributed by atoms with van der Waals surface area (Å²) < 4.78 is 13.4. The molecule has 72 valence electrons. The fourth-order valence-corrected chi connectivity index (χ4v) is 1.38. The first-order chi connectivity index (χ1) is 6.31. The third kappa shape index (κ3) is 2.45. The molecule has 0 fully saturated rings. The number of anilines is 1. The lowest BCUT2D eigenvalue weighted by molar-refractivity contribution is 0.405. The highest BCUT2D eigenvalue weighted by Gasteiger charge is 2.02. The van der Waals surface area contributed by atoms with Crippen molar-refractivity contribution in [3.8, 4) is 11.5 Å². The van der Waals surface area contributed by atoms with Crippen LogP contribution in [-0.2, 0) is 0 Å². The van der Waals surface area contributed by atoms with E-state index in [2.05, 4.69) is 4.72 Å². The second kappa shape index (κ2) is 4.87. The highest BCUT2D eigenvalue weighted by Crippen LogP contribution is 2.30. The van der Waals surface area contributed by atoms with Crippen molar-refractivity contribution in [3.63, 3.8) is 0 Å². The summed E-state index contributed by atoms with van der Waals surface area (Å²) in [5, 5.41) is 0. The van der Waals surface area contributed by atoms with Crippen LogP contribution in [0.15, 0.2) is 18.2 Å². The summed E-state index contributed by atoms with van der Waals surface area (Å²) >= 11 is 1.52. The fourth-order valence-electron chi connectivity index (χ4n) is 1.00. The number of rotatable bonds is 4. The molecule has 0 aliphatic carbocycles. The molecule has 0 radical (unpaired) electrons. The lowest BCUT2D eigenvalue weighted by Crippen LogP contribution is -1.92. The normalized spacial score (nSPS) is 9.46. The molecule has 0 aliphatic heterocycles. The second-order valence-corrected chi connectivity index (χ2v) is 2.98. The van der Waals surface area contributed by atoms with Crippen LogP contribution in [0.25, 0.3) is 0 Å². The van der Waals surface area contributed by atoms with Crippen molar-refractivity contribution in [1.82, 2.24) is 0 Å². The maximum atomic E-state index is 5.17. The third-order valence-electron chi connectivity index (χ3n) is 1.62. The smallest absolute Gasteiger partial charge is 0.143 e. The monoisotopic (exact) mass is 199 g/mol. The van der Waals surface area contributed by atoms with E-state index in [4.69, 9.17) is 9.47 Å². The molecule has 0 saturated carbocycles. The Balaban J connectivity index is 2.95. The molecule has 1 aromatic carbocycles. The first-order valence-electron chi connectivity index (χ1n) is 3.83. The number of ether oxygens (including phenoxy) is 2. The summed E-state index contributed by atoms with van der Waals surface area (Å²) in [6.07, 6.45) is 1.96. The van der Waals surface area contributed by atoms with Crippen molar-refractivity contribution in [2.75, 3.05) is 25.2 Å². The molecule has 0 atom stereocenters. The molecule has 1 N–H and O–H groups in total. The quantitative estimate of drug-likeness (QED) is 0.754. The van der Waals surface area contributed by atoms with E-state index >= 15 is 0 Å². The van der Waals surface area contributed by atoms with Crippen molar-refractivity contribution in [2.24, 2.45) is 0 Å². The molecule has 0 aromatic heterocycles. The van der Waals surface area contributed by atoms with Crippen molar-refractivity contribution >= 4 is 17.6 Å². The summed E-state index contributed by atoms with van der Waals surface area (Å²) in [4.78, 5) is 0. The summed E-state index contributed by atoms with van der Waals surface area (Å²) in [6.45, 7) is 0. The zero-order valence-electron chi connectivity index (χ0n) is 7.96. The number of nitrogens with one attached hydrogen (secondary N) is 1. The summed E-state index contributed by atoms with van der Waals surface area (Å²) in [7, 11) is 3.29. The van der Waals surface area contributed by atoms with E-state index in [1.54, 1.807) is 14.2 Å². The number of methoxy groups -OCH3 is 2. The van der Waals surface area contributed by atoms with Gasteiger partial charge in [0.15, 0.2) is 0 Å². The minimum absolute atomic E-state index is 0.815. The summed E-state index contributed by atoms with van der Waals surface area (Å²) in [5.74, 6) is 1.63. The molecule has 1 rings (SSSR count). The minimum Gasteiger partial charge on any atom is -0.497 e. The van der Waals surface area contributed by atoms with Crippen LogP contribution in [0.4, 0.5) is 5.69 Å². The lowest BCUT2D eigenvalue weighted by Gasteiger charge is -2.10. The van der Waals surface area contributed by atoms with E-state index in [-0.39, 0.29) is 0 Å². The van der Waals surface area contributed by atoms with Crippen LogP contribution in [0.2, 0.25) is 0 Å². The molecule has 0 heterocycles. The topological polar surface area (TPSA) is 30.5 Å². The van der Waals surface area contributed by atoms with Crippen molar-refractivity contribution in [1.29, 1.82) is 0 Å². The average molecular weight is 199 g/mol. The molecule has 0 amide bonds. The molecule has 0 spiro atoms. The van der Waals surface area contributed by atoms with Gasteiger partial charge >= 0.3 is 0 Å². The van der Waals surface area contributed by atoms with Gasteiger partial charge < -0.3 is 14.2 Å². The lowest BCUT2D eigenvalue weighted by atomic mass is 10.3. The van der Waals surface area contributed by atoms with Crippen LogP contribution < -0.4 is 14.2 Å². The average Bonchev–Trinajstić information content (AvgIpc) is 2.18. The Kier molecular flexibility index (Phi) is 3.76. The first kappa shape index (κ1) is 10.1. The minimum atomic E-state index is 0.815. The molecule has 1 aromatic rings. The van der Waals surface area contributed by atoms with E-state index in [1.807, 2.05) is 24.5 Å². The number of benzene rings is 1. The molecule has 0 unspecified atom stereocenters. The van der Waals surface area contributed by atoms with Crippen molar-refractivity contribution in [3.05, 3.63) is 18.2 Å². The molecule has 4 heteroatoms. The van der Waals surface area contributed by atoms with Gasteiger partial charge in [0, 0.05) is 12.3 Å². The zero-order valence-corrected chi connectivity index (χ0v) is 8.77. The standard InChI is InChI=1S/C9H13NO2S/c1-11-7-4-5-9(12-2)8(6-7)10-13-3/h4-6,10H,1-3H3. The number of hydrogen-bond donors (Lipinski definition) is 1. The Labute approximate surface area is 82.6 Å². The van der Waals surface area contributed by atoms with Crippen LogP contribution in [0.1, 0.15) is 0 Å². The van der Waals surface area contributed by atoms with Crippen molar-refractivity contribution in [2.45, 2.75) is 0 Å². The maximum absolute atomic E-state index is 5.17. The van der Waals surface area contributed by atoms with E-state index in [0.717, 1.165) is 17.2 Å². The Morgan fingerprint density at radius 3 is 2.54 bits per heavy atom. The highest BCUT2D eigenvalue weighted by atomic mass is 32.2. The van der Waals surface area contributed by atoms with Gasteiger partial charge in [0.25, 0.3) is 0 Å². The van der Waals surface area contributed by atoms with Crippen LogP contribution in [0, 0.1) is 0 Å². The van der Waals surface area contributed by atoms with Crippen LogP contribution >= 0.6 is 11.9 Å². The van der Waals surface area contributed by atoms with E-state index in [9.17, 15) is 0 Å². The van der Waals surface area contributed by atoms with Gasteiger partial charge in [0.1, 0.15) is 11.5 Å². The van der Waals surface area contributed by atoms with Crippen molar-refractivity contribution < 1.29 is 9.47 Å². The number of hydrogen-bond acceptors (Lipinski definition) is 4. The molecule has 3 nitrogen and oxygen atoms in total. The predicted octanol–water partition coefficient (Wildman–Crippen LogP) is 2.39. The molecule has 0 bridgehead atoms. The van der Waals surface area contributed by atoms with Gasteiger partial charge in [-0.2, -0.15) is 0 Å². The first-order valence-corrected chi connectivity index (χ1v) is 5.05. The Bertz CT molecular complexity index is 278. The van der Waals surface area contributed by atoms with Crippen LogP contribution in [0.3, 0.4) is 0 Å². The largest absolute Gasteiger partial charge is 0.497 e. The third-order valence-corrected chi connectivity index (χ3v) is 2.04. The Morgan fingerprint density at radius 2 is 2.00 bits per heavy atom. The fraction of sp³-hybridized carbons (Fsp3) is 0.333. The van der Waals surface area contributed by atoms with Crippen LogP contribution in [0.5, 0.6) is 11.5 Å². The Morgan fingerprint density at radius 1 is 1.23 bits per heavy atom. The molecule has 0 saturated heterocycles. The molecular formula is C9H13NO2S. The molecule has 0 aliphatic rings. The van der Waals surface area contributed by atoms with Gasteiger partial charge in [0.2, 0.25) is 0 Å². The van der Waals surface area contributed by atoms with Gasteiger partial charge in [0.05, 0.1) is 19.9 Å². The Hall–Kier alpha value is -1.03. The summed E-state index contributed by atoms with van der Waals surface area (Å²) in [5.41, 5.74) is 0.925. The molecular weight excluding hydrogens is 186 g/mol. The second-order valence-electron chi connectivity index (χ2n) is 2.37. The van der Waals surface area contributed by atoms with Gasteiger partial charge in [-0.05, 0) is 12.1 Å². The summed E-state index contributed by atoms with van der Waals surface area (Å²) in [6, 6.07) is 5.64. The van der Waals surface area contributed by atoms with E-state index in [1.165, 1.54) is 11.9 Å². The van der Waals surface area contributed by atoms with Gasteiger partial charge in [-0.25, -0.2) is 0 Å². The highest BCUT2D eigenvalue weighted by molar-refractivity contribution is 7.99. The SMILES string of the molecule is COc1ccc(OC)c(NSC)c1. The van der Waals surface area contributed by atoms with Gasteiger partial charge in [-0.3, -0.25) is 0 Å².